The first-order chi connectivity index (χ1) is 17.4. The maximum Gasteiger partial charge on any atom is 0.321 e. The Labute approximate surface area is 211 Å². The summed E-state index contributed by atoms with van der Waals surface area (Å²) in [6, 6.07) is 14.0. The number of aliphatic imine (C=N–C) groups is 1. The lowest BCUT2D eigenvalue weighted by Crippen LogP contribution is -2.50. The molecule has 10 heteroatoms. The molecule has 2 aromatic rings. The van der Waals surface area contributed by atoms with Gasteiger partial charge in [-0.3, -0.25) is 9.59 Å². The van der Waals surface area contributed by atoms with Crippen LogP contribution in [0.2, 0.25) is 0 Å². The van der Waals surface area contributed by atoms with Crippen LogP contribution in [0.3, 0.4) is 0 Å². The molecule has 2 heterocycles. The highest BCUT2D eigenvalue weighted by Gasteiger charge is 2.34. The number of carbonyl (C=O) groups excluding carboxylic acids is 3. The highest BCUT2D eigenvalue weighted by molar-refractivity contribution is 6.12. The van der Waals surface area contributed by atoms with Gasteiger partial charge in [0, 0.05) is 56.6 Å². The number of amides is 4. The lowest BCUT2D eigenvalue weighted by Gasteiger charge is -2.35. The summed E-state index contributed by atoms with van der Waals surface area (Å²) < 4.78 is 0. The zero-order valence-corrected chi connectivity index (χ0v) is 21.0. The van der Waals surface area contributed by atoms with Crippen LogP contribution in [-0.2, 0) is 9.59 Å². The van der Waals surface area contributed by atoms with Gasteiger partial charge in [0.2, 0.25) is 12.1 Å². The minimum absolute atomic E-state index is 0.206. The van der Waals surface area contributed by atoms with E-state index < -0.39 is 12.2 Å². The second kappa shape index (κ2) is 11.2. The molecule has 3 N–H and O–H groups in total. The number of nitrogens with zero attached hydrogens (tertiary/aromatic N) is 4. The number of urea groups is 1. The first kappa shape index (κ1) is 25.2. The van der Waals surface area contributed by atoms with Gasteiger partial charge in [-0.1, -0.05) is 25.1 Å². The van der Waals surface area contributed by atoms with E-state index in [2.05, 4.69) is 32.8 Å². The number of fused-ring (bicyclic) bond motifs is 1. The Balaban J connectivity index is 1.62. The lowest BCUT2D eigenvalue weighted by atomic mass is 10.1. The molecule has 2 aliphatic heterocycles. The van der Waals surface area contributed by atoms with Crippen LogP contribution in [0.5, 0.6) is 0 Å². The second-order valence-electron chi connectivity index (χ2n) is 9.01. The van der Waals surface area contributed by atoms with Crippen LogP contribution in [0.25, 0.3) is 0 Å². The van der Waals surface area contributed by atoms with Gasteiger partial charge < -0.3 is 30.7 Å². The number of likely N-dealkylation sites (N-methyl/N-ethyl adjacent to an activating group) is 1. The van der Waals surface area contributed by atoms with Crippen molar-refractivity contribution < 1.29 is 14.4 Å². The van der Waals surface area contributed by atoms with E-state index in [0.29, 0.717) is 23.8 Å². The summed E-state index contributed by atoms with van der Waals surface area (Å²) in [4.78, 5) is 48.9. The molecule has 190 valence electrons. The fourth-order valence-electron chi connectivity index (χ4n) is 4.40. The Morgan fingerprint density at radius 1 is 1.00 bits per heavy atom. The Kier molecular flexibility index (Phi) is 7.84. The number of anilines is 3. The van der Waals surface area contributed by atoms with Crippen molar-refractivity contribution >= 4 is 40.7 Å². The normalized spacial score (nSPS) is 18.1. The van der Waals surface area contributed by atoms with Gasteiger partial charge in [0.05, 0.1) is 5.69 Å². The molecule has 2 aromatic carbocycles. The number of benzene rings is 2. The average Bonchev–Trinajstić information content (AvgIpc) is 2.95. The van der Waals surface area contributed by atoms with Gasteiger partial charge >= 0.3 is 6.03 Å². The molecule has 0 aliphatic carbocycles. The molecule has 1 saturated heterocycles. The van der Waals surface area contributed by atoms with E-state index in [4.69, 9.17) is 4.99 Å². The van der Waals surface area contributed by atoms with E-state index in [0.717, 1.165) is 43.9 Å². The van der Waals surface area contributed by atoms with Crippen LogP contribution in [0.1, 0.15) is 25.8 Å². The first-order valence-corrected chi connectivity index (χ1v) is 12.2. The molecule has 0 aromatic heterocycles. The van der Waals surface area contributed by atoms with Crippen molar-refractivity contribution in [1.82, 2.24) is 15.1 Å². The van der Waals surface area contributed by atoms with Crippen molar-refractivity contribution in [3.05, 3.63) is 54.1 Å². The predicted molar refractivity (Wildman–Crippen MR) is 141 cm³/mol. The van der Waals surface area contributed by atoms with E-state index in [1.54, 1.807) is 29.2 Å². The number of rotatable bonds is 5. The maximum atomic E-state index is 13.6. The molecule has 0 unspecified atom stereocenters. The van der Waals surface area contributed by atoms with E-state index in [1.165, 1.54) is 6.92 Å². The molecule has 0 spiro atoms. The van der Waals surface area contributed by atoms with Gasteiger partial charge in [-0.05, 0) is 43.8 Å². The summed E-state index contributed by atoms with van der Waals surface area (Å²) in [5, 5.41) is 8.20. The van der Waals surface area contributed by atoms with Crippen LogP contribution in [0.15, 0.2) is 53.5 Å². The van der Waals surface area contributed by atoms with Crippen molar-refractivity contribution in [1.29, 1.82) is 0 Å². The SMILES string of the molecule is CCCN1C(=O)[C@H](NC(=O)Nc2cccc(NC(C)=O)c2)N=C(N2CCN(C)CC2)c2ccccc21. The summed E-state index contributed by atoms with van der Waals surface area (Å²) in [6.07, 6.45) is -0.323. The van der Waals surface area contributed by atoms with Crippen molar-refractivity contribution in [2.45, 2.75) is 26.4 Å². The summed E-state index contributed by atoms with van der Waals surface area (Å²) >= 11 is 0. The van der Waals surface area contributed by atoms with Crippen molar-refractivity contribution in [3.63, 3.8) is 0 Å². The Morgan fingerprint density at radius 3 is 2.39 bits per heavy atom. The zero-order valence-electron chi connectivity index (χ0n) is 21.0. The van der Waals surface area contributed by atoms with Crippen LogP contribution in [-0.4, -0.2) is 79.4 Å². The Hall–Kier alpha value is -3.92. The quantitative estimate of drug-likeness (QED) is 0.596. The molecule has 2 aliphatic rings. The smallest absolute Gasteiger partial charge is 0.321 e. The number of piperazine rings is 1. The molecular weight excluding hydrogens is 458 g/mol. The predicted octanol–water partition coefficient (Wildman–Crippen LogP) is 2.54. The van der Waals surface area contributed by atoms with Crippen molar-refractivity contribution in [3.8, 4) is 0 Å². The van der Waals surface area contributed by atoms with Gasteiger partial charge in [0.25, 0.3) is 5.91 Å². The molecule has 10 nitrogen and oxygen atoms in total. The number of amidine groups is 1. The second-order valence-corrected chi connectivity index (χ2v) is 9.01. The summed E-state index contributed by atoms with van der Waals surface area (Å²) in [5.74, 6) is 0.223. The van der Waals surface area contributed by atoms with Crippen LogP contribution in [0, 0.1) is 0 Å². The Bertz CT molecular complexity index is 1160. The fraction of sp³-hybridized carbons (Fsp3) is 0.385. The average molecular weight is 492 g/mol. The topological polar surface area (TPSA) is 109 Å². The minimum atomic E-state index is -1.09. The molecule has 0 saturated carbocycles. The fourth-order valence-corrected chi connectivity index (χ4v) is 4.40. The molecule has 36 heavy (non-hydrogen) atoms. The number of para-hydroxylation sites is 1. The molecule has 0 bridgehead atoms. The number of hydrogen-bond acceptors (Lipinski definition) is 6. The standard InChI is InChI=1S/C26H33N7O3/c1-4-12-33-22-11-6-5-10-21(22)24(32-15-13-31(3)14-16-32)29-23(25(33)35)30-26(36)28-20-9-7-8-19(17-20)27-18(2)34/h5-11,17,23H,4,12-16H2,1-3H3,(H,27,34)(H2,28,30,36)/t23-/m0/s1. The van der Waals surface area contributed by atoms with Crippen LogP contribution in [0.4, 0.5) is 21.9 Å². The summed E-state index contributed by atoms with van der Waals surface area (Å²) in [5.41, 5.74) is 2.73. The molecule has 1 atom stereocenters. The molecule has 4 rings (SSSR count). The number of hydrogen-bond donors (Lipinski definition) is 3. The lowest BCUT2D eigenvalue weighted by molar-refractivity contribution is -0.120. The number of carbonyl (C=O) groups is 3. The summed E-state index contributed by atoms with van der Waals surface area (Å²) in [6.45, 7) is 7.27. The van der Waals surface area contributed by atoms with Crippen LogP contribution >= 0.6 is 0 Å². The highest BCUT2D eigenvalue weighted by Crippen LogP contribution is 2.27. The monoisotopic (exact) mass is 491 g/mol. The minimum Gasteiger partial charge on any atom is -0.354 e. The van der Waals surface area contributed by atoms with Gasteiger partial charge in [-0.15, -0.1) is 0 Å². The van der Waals surface area contributed by atoms with E-state index in [1.807, 2.05) is 31.2 Å². The Morgan fingerprint density at radius 2 is 1.69 bits per heavy atom. The highest BCUT2D eigenvalue weighted by atomic mass is 16.2. The third kappa shape index (κ3) is 5.83. The first-order valence-electron chi connectivity index (χ1n) is 12.2. The third-order valence-corrected chi connectivity index (χ3v) is 6.15. The van der Waals surface area contributed by atoms with E-state index in [9.17, 15) is 14.4 Å². The molecule has 0 radical (unpaired) electrons. The van der Waals surface area contributed by atoms with Gasteiger partial charge in [0.15, 0.2) is 0 Å². The summed E-state index contributed by atoms with van der Waals surface area (Å²) in [7, 11) is 2.09. The van der Waals surface area contributed by atoms with E-state index in [-0.39, 0.29) is 11.8 Å². The van der Waals surface area contributed by atoms with E-state index >= 15 is 0 Å². The zero-order chi connectivity index (χ0) is 25.7. The van der Waals surface area contributed by atoms with Crippen molar-refractivity contribution in [2.24, 2.45) is 4.99 Å². The maximum absolute atomic E-state index is 13.6. The van der Waals surface area contributed by atoms with Gasteiger partial charge in [-0.25, -0.2) is 9.79 Å². The van der Waals surface area contributed by atoms with Crippen LogP contribution < -0.4 is 20.9 Å². The number of benzodiazepines with no additional fused rings is 1. The van der Waals surface area contributed by atoms with Crippen molar-refractivity contribution in [2.75, 3.05) is 55.3 Å². The molecular formula is C26H33N7O3. The third-order valence-electron chi connectivity index (χ3n) is 6.15. The molecule has 1 fully saturated rings. The van der Waals surface area contributed by atoms with Gasteiger partial charge in [-0.2, -0.15) is 0 Å². The van der Waals surface area contributed by atoms with Gasteiger partial charge in [0.1, 0.15) is 5.84 Å². The number of nitrogens with one attached hydrogen (secondary N) is 3. The largest absolute Gasteiger partial charge is 0.354 e. The molecule has 4 amide bonds.